The number of fused-ring (bicyclic) bond motifs is 1. The number of aryl methyl sites for hydroxylation is 2. The summed E-state index contributed by atoms with van der Waals surface area (Å²) in [5.41, 5.74) is 4.20. The average molecular weight is 323 g/mol. The maximum absolute atomic E-state index is 12.5. The van der Waals surface area contributed by atoms with Gasteiger partial charge in [-0.05, 0) is 39.3 Å². The van der Waals surface area contributed by atoms with Gasteiger partial charge in [0, 0.05) is 12.0 Å². The zero-order valence-corrected chi connectivity index (χ0v) is 14.8. The lowest BCUT2D eigenvalue weighted by Crippen LogP contribution is -2.41. The van der Waals surface area contributed by atoms with Gasteiger partial charge in [-0.3, -0.25) is 4.79 Å². The van der Waals surface area contributed by atoms with Crippen LogP contribution >= 0.6 is 0 Å². The Morgan fingerprint density at radius 2 is 1.79 bits per heavy atom. The van der Waals surface area contributed by atoms with Gasteiger partial charge in [0.15, 0.2) is 0 Å². The van der Waals surface area contributed by atoms with Crippen LogP contribution in [0.5, 0.6) is 5.75 Å². The van der Waals surface area contributed by atoms with Crippen molar-refractivity contribution in [2.45, 2.75) is 52.2 Å². The number of carbonyl (C=O) groups excluding carboxylic acids is 1. The van der Waals surface area contributed by atoms with Crippen LogP contribution in [-0.2, 0) is 11.2 Å². The molecule has 3 heteroatoms. The molecule has 0 bridgehead atoms. The van der Waals surface area contributed by atoms with Crippen LogP contribution in [0.25, 0.3) is 0 Å². The largest absolute Gasteiger partial charge is 0.487 e. The number of carbonyl (C=O) groups is 1. The van der Waals surface area contributed by atoms with E-state index in [4.69, 9.17) is 4.74 Å². The predicted octanol–water partition coefficient (Wildman–Crippen LogP) is 4.26. The molecule has 0 spiro atoms. The molecule has 126 valence electrons. The van der Waals surface area contributed by atoms with E-state index in [2.05, 4.69) is 32.2 Å². The summed E-state index contributed by atoms with van der Waals surface area (Å²) in [6.45, 7) is 8.24. The minimum absolute atomic E-state index is 0.0124. The average Bonchev–Trinajstić information content (AvgIpc) is 2.49. The van der Waals surface area contributed by atoms with E-state index in [1.54, 1.807) is 0 Å². The fourth-order valence-corrected chi connectivity index (χ4v) is 3.24. The summed E-state index contributed by atoms with van der Waals surface area (Å²) in [4.78, 5) is 12.5. The highest BCUT2D eigenvalue weighted by molar-refractivity contribution is 5.79. The van der Waals surface area contributed by atoms with Crippen LogP contribution in [0.4, 0.5) is 0 Å². The minimum atomic E-state index is -0.288. The fourth-order valence-electron chi connectivity index (χ4n) is 3.24. The van der Waals surface area contributed by atoms with Crippen molar-refractivity contribution in [1.29, 1.82) is 0 Å². The second kappa shape index (κ2) is 6.31. The van der Waals surface area contributed by atoms with Gasteiger partial charge >= 0.3 is 0 Å². The third-order valence-electron chi connectivity index (χ3n) is 4.44. The van der Waals surface area contributed by atoms with Crippen molar-refractivity contribution in [3.8, 4) is 5.75 Å². The molecule has 3 nitrogen and oxygen atoms in total. The molecule has 1 amide bonds. The molecule has 1 aliphatic rings. The van der Waals surface area contributed by atoms with Crippen LogP contribution < -0.4 is 10.1 Å². The molecule has 24 heavy (non-hydrogen) atoms. The highest BCUT2D eigenvalue weighted by Gasteiger charge is 2.34. The predicted molar refractivity (Wildman–Crippen MR) is 96.3 cm³/mol. The van der Waals surface area contributed by atoms with Crippen molar-refractivity contribution in [3.05, 3.63) is 64.7 Å². The van der Waals surface area contributed by atoms with Crippen molar-refractivity contribution in [3.63, 3.8) is 0 Å². The summed E-state index contributed by atoms with van der Waals surface area (Å²) in [6.07, 6.45) is 1.17. The SMILES string of the molecule is Cc1ccc(CC(=O)N[C@@H]2CC(C)(C)Oc3ccc(C)cc32)cc1. The van der Waals surface area contributed by atoms with Gasteiger partial charge in [0.25, 0.3) is 0 Å². The highest BCUT2D eigenvalue weighted by Crippen LogP contribution is 2.39. The van der Waals surface area contributed by atoms with Crippen LogP contribution in [0.15, 0.2) is 42.5 Å². The zero-order valence-electron chi connectivity index (χ0n) is 14.8. The van der Waals surface area contributed by atoms with Gasteiger partial charge < -0.3 is 10.1 Å². The molecule has 0 fully saturated rings. The van der Waals surface area contributed by atoms with Gasteiger partial charge in [-0.25, -0.2) is 0 Å². The zero-order chi connectivity index (χ0) is 17.3. The Balaban J connectivity index is 1.77. The quantitative estimate of drug-likeness (QED) is 0.916. The molecule has 1 heterocycles. The number of hydrogen-bond acceptors (Lipinski definition) is 2. The van der Waals surface area contributed by atoms with Crippen LogP contribution in [0, 0.1) is 13.8 Å². The Labute approximate surface area is 144 Å². The molecule has 2 aromatic carbocycles. The van der Waals surface area contributed by atoms with Gasteiger partial charge in [0.1, 0.15) is 11.4 Å². The Hall–Kier alpha value is -2.29. The fraction of sp³-hybridized carbons (Fsp3) is 0.381. The van der Waals surface area contributed by atoms with Crippen molar-refractivity contribution in [2.24, 2.45) is 0 Å². The maximum Gasteiger partial charge on any atom is 0.224 e. The topological polar surface area (TPSA) is 38.3 Å². The van der Waals surface area contributed by atoms with Crippen LogP contribution in [-0.4, -0.2) is 11.5 Å². The van der Waals surface area contributed by atoms with Gasteiger partial charge in [0.05, 0.1) is 12.5 Å². The van der Waals surface area contributed by atoms with Crippen molar-refractivity contribution >= 4 is 5.91 Å². The number of amides is 1. The number of nitrogens with one attached hydrogen (secondary N) is 1. The molecule has 1 aliphatic heterocycles. The summed E-state index contributed by atoms with van der Waals surface area (Å²) < 4.78 is 6.07. The first-order valence-corrected chi connectivity index (χ1v) is 8.47. The van der Waals surface area contributed by atoms with E-state index < -0.39 is 0 Å². The summed E-state index contributed by atoms with van der Waals surface area (Å²) in [5.74, 6) is 0.923. The summed E-state index contributed by atoms with van der Waals surface area (Å²) in [7, 11) is 0. The van der Waals surface area contributed by atoms with Crippen molar-refractivity contribution in [1.82, 2.24) is 5.32 Å². The number of rotatable bonds is 3. The maximum atomic E-state index is 12.5. The number of benzene rings is 2. The molecule has 3 rings (SSSR count). The van der Waals surface area contributed by atoms with Crippen LogP contribution in [0.3, 0.4) is 0 Å². The Morgan fingerprint density at radius 1 is 1.12 bits per heavy atom. The first-order chi connectivity index (χ1) is 11.3. The van der Waals surface area contributed by atoms with E-state index in [1.807, 2.05) is 43.3 Å². The molecule has 0 aliphatic carbocycles. The second-order valence-electron chi connectivity index (χ2n) is 7.39. The standard InChI is InChI=1S/C21H25NO2/c1-14-5-8-16(9-6-14)12-20(23)22-18-13-21(3,4)24-19-10-7-15(2)11-17(18)19/h5-11,18H,12-13H2,1-4H3,(H,22,23)/t18-/m1/s1. The van der Waals surface area contributed by atoms with E-state index in [0.29, 0.717) is 6.42 Å². The van der Waals surface area contributed by atoms with Gasteiger partial charge in [-0.1, -0.05) is 47.5 Å². The summed E-state index contributed by atoms with van der Waals surface area (Å²) in [6, 6.07) is 14.3. The Bertz CT molecular complexity index is 747. The molecule has 0 saturated heterocycles. The number of ether oxygens (including phenoxy) is 1. The molecule has 1 atom stereocenters. The minimum Gasteiger partial charge on any atom is -0.487 e. The lowest BCUT2D eigenvalue weighted by Gasteiger charge is -2.38. The molecule has 0 saturated carbocycles. The summed E-state index contributed by atoms with van der Waals surface area (Å²) in [5, 5.41) is 3.20. The molecule has 0 unspecified atom stereocenters. The normalized spacial score (nSPS) is 18.4. The third-order valence-corrected chi connectivity index (χ3v) is 4.44. The van der Waals surface area contributed by atoms with Gasteiger partial charge in [-0.15, -0.1) is 0 Å². The first-order valence-electron chi connectivity index (χ1n) is 8.47. The van der Waals surface area contributed by atoms with E-state index in [-0.39, 0.29) is 17.6 Å². The van der Waals surface area contributed by atoms with E-state index >= 15 is 0 Å². The first kappa shape index (κ1) is 16.6. The van der Waals surface area contributed by atoms with E-state index in [1.165, 1.54) is 11.1 Å². The highest BCUT2D eigenvalue weighted by atomic mass is 16.5. The van der Waals surface area contributed by atoms with Crippen molar-refractivity contribution < 1.29 is 9.53 Å². The van der Waals surface area contributed by atoms with Crippen LogP contribution in [0.2, 0.25) is 0 Å². The Morgan fingerprint density at radius 3 is 2.50 bits per heavy atom. The second-order valence-corrected chi connectivity index (χ2v) is 7.39. The van der Waals surface area contributed by atoms with Gasteiger partial charge in [0.2, 0.25) is 5.91 Å². The van der Waals surface area contributed by atoms with Crippen molar-refractivity contribution in [2.75, 3.05) is 0 Å². The van der Waals surface area contributed by atoms with E-state index in [0.717, 1.165) is 23.3 Å². The molecule has 1 N–H and O–H groups in total. The molecular formula is C21H25NO2. The molecular weight excluding hydrogens is 298 g/mol. The molecule has 2 aromatic rings. The van der Waals surface area contributed by atoms with Gasteiger partial charge in [-0.2, -0.15) is 0 Å². The molecule has 0 radical (unpaired) electrons. The lowest BCUT2D eigenvalue weighted by atomic mass is 9.89. The Kier molecular flexibility index (Phi) is 4.35. The molecule has 0 aromatic heterocycles. The lowest BCUT2D eigenvalue weighted by molar-refractivity contribution is -0.121. The number of hydrogen-bond donors (Lipinski definition) is 1. The van der Waals surface area contributed by atoms with E-state index in [9.17, 15) is 4.79 Å². The monoisotopic (exact) mass is 323 g/mol. The smallest absolute Gasteiger partial charge is 0.224 e. The third kappa shape index (κ3) is 3.78. The van der Waals surface area contributed by atoms with Crippen LogP contribution in [0.1, 0.15) is 48.6 Å². The summed E-state index contributed by atoms with van der Waals surface area (Å²) >= 11 is 0.